The molecular weight excluding hydrogens is 292 g/mol. The molecule has 0 bridgehead atoms. The molecule has 0 spiro atoms. The topological polar surface area (TPSA) is 73.6 Å². The number of carbonyl (C=O) groups excluding carboxylic acids is 1. The van der Waals surface area contributed by atoms with Gasteiger partial charge in [-0.25, -0.2) is 0 Å². The molecule has 5 nitrogen and oxygen atoms in total. The molecule has 0 heterocycles. The largest absolute Gasteiger partial charge is 0.497 e. The number of para-hydroxylation sites is 1. The van der Waals surface area contributed by atoms with Crippen LogP contribution in [0.1, 0.15) is 0 Å². The van der Waals surface area contributed by atoms with Crippen molar-refractivity contribution in [2.24, 2.45) is 0 Å². The van der Waals surface area contributed by atoms with Gasteiger partial charge in [-0.15, -0.1) is 0 Å². The van der Waals surface area contributed by atoms with Gasteiger partial charge in [-0.05, 0) is 24.3 Å². The third-order valence-corrected chi connectivity index (χ3v) is 3.04. The molecule has 2 aromatic carbocycles. The Balaban J connectivity index is 1.95. The highest BCUT2D eigenvalue weighted by atomic mass is 35.5. The molecule has 1 amide bonds. The van der Waals surface area contributed by atoms with Gasteiger partial charge in [-0.1, -0.05) is 23.7 Å². The Bertz CT molecular complexity index is 647. The maximum absolute atomic E-state index is 11.8. The van der Waals surface area contributed by atoms with E-state index in [2.05, 4.69) is 5.32 Å². The van der Waals surface area contributed by atoms with E-state index in [1.807, 2.05) is 0 Å². The lowest BCUT2D eigenvalue weighted by molar-refractivity contribution is -0.118. The van der Waals surface area contributed by atoms with E-state index in [4.69, 9.17) is 26.8 Å². The van der Waals surface area contributed by atoms with E-state index in [0.717, 1.165) is 0 Å². The second-order valence-electron chi connectivity index (χ2n) is 4.22. The van der Waals surface area contributed by atoms with Crippen molar-refractivity contribution in [2.45, 2.75) is 0 Å². The minimum absolute atomic E-state index is 0.158. The smallest absolute Gasteiger partial charge is 0.262 e. The number of nitrogens with two attached hydrogens (primary N) is 1. The van der Waals surface area contributed by atoms with Gasteiger partial charge in [0.25, 0.3) is 5.91 Å². The Morgan fingerprint density at radius 1 is 1.29 bits per heavy atom. The number of nitrogens with one attached hydrogen (secondary N) is 1. The summed E-state index contributed by atoms with van der Waals surface area (Å²) in [5, 5.41) is 3.12. The number of carbonyl (C=O) groups is 1. The van der Waals surface area contributed by atoms with Crippen molar-refractivity contribution in [3.05, 3.63) is 47.5 Å². The normalized spacial score (nSPS) is 10.0. The highest BCUT2D eigenvalue weighted by molar-refractivity contribution is 6.32. The lowest BCUT2D eigenvalue weighted by atomic mass is 10.2. The van der Waals surface area contributed by atoms with Crippen LogP contribution < -0.4 is 20.5 Å². The number of nitrogen functional groups attached to an aromatic ring is 1. The Hall–Kier alpha value is -2.40. The van der Waals surface area contributed by atoms with Gasteiger partial charge >= 0.3 is 0 Å². The quantitative estimate of drug-likeness (QED) is 0.833. The molecular formula is C15H15ClN2O3. The summed E-state index contributed by atoms with van der Waals surface area (Å²) in [6, 6.07) is 12.0. The van der Waals surface area contributed by atoms with Crippen LogP contribution in [0.3, 0.4) is 0 Å². The number of benzene rings is 2. The summed E-state index contributed by atoms with van der Waals surface area (Å²) in [6.07, 6.45) is 0. The zero-order valence-corrected chi connectivity index (χ0v) is 12.2. The van der Waals surface area contributed by atoms with E-state index in [1.54, 1.807) is 49.6 Å². The fourth-order valence-corrected chi connectivity index (χ4v) is 1.86. The first kappa shape index (κ1) is 15.0. The number of ether oxygens (including phenoxy) is 2. The number of anilines is 2. The van der Waals surface area contributed by atoms with E-state index in [9.17, 15) is 4.79 Å². The van der Waals surface area contributed by atoms with Crippen LogP contribution in [0.4, 0.5) is 11.4 Å². The van der Waals surface area contributed by atoms with Crippen molar-refractivity contribution in [1.29, 1.82) is 0 Å². The lowest BCUT2D eigenvalue weighted by Crippen LogP contribution is -2.20. The summed E-state index contributed by atoms with van der Waals surface area (Å²) in [5.74, 6) is 0.752. The van der Waals surface area contributed by atoms with Crippen molar-refractivity contribution < 1.29 is 14.3 Å². The summed E-state index contributed by atoms with van der Waals surface area (Å²) in [6.45, 7) is -0.158. The van der Waals surface area contributed by atoms with Gasteiger partial charge in [0, 0.05) is 6.07 Å². The fourth-order valence-electron chi connectivity index (χ4n) is 1.67. The van der Waals surface area contributed by atoms with Crippen LogP contribution in [0, 0.1) is 0 Å². The molecule has 3 N–H and O–H groups in total. The molecule has 2 rings (SSSR count). The van der Waals surface area contributed by atoms with Crippen LogP contribution >= 0.6 is 11.6 Å². The maximum atomic E-state index is 11.8. The highest BCUT2D eigenvalue weighted by Gasteiger charge is 2.08. The first-order chi connectivity index (χ1) is 10.1. The molecule has 2 aromatic rings. The van der Waals surface area contributed by atoms with Gasteiger partial charge in [0.1, 0.15) is 11.5 Å². The number of methoxy groups -OCH3 is 1. The predicted molar refractivity (Wildman–Crippen MR) is 83.0 cm³/mol. The third-order valence-electron chi connectivity index (χ3n) is 2.73. The number of rotatable bonds is 5. The first-order valence-corrected chi connectivity index (χ1v) is 6.58. The van der Waals surface area contributed by atoms with E-state index in [1.165, 1.54) is 0 Å². The van der Waals surface area contributed by atoms with Crippen LogP contribution in [0.5, 0.6) is 11.5 Å². The van der Waals surface area contributed by atoms with Gasteiger partial charge in [0.05, 0.1) is 23.5 Å². The van der Waals surface area contributed by atoms with Crippen LogP contribution in [0.25, 0.3) is 0 Å². The lowest BCUT2D eigenvalue weighted by Gasteiger charge is -2.11. The van der Waals surface area contributed by atoms with Crippen molar-refractivity contribution in [2.75, 3.05) is 24.8 Å². The zero-order chi connectivity index (χ0) is 15.2. The Kier molecular flexibility index (Phi) is 4.90. The molecule has 21 heavy (non-hydrogen) atoms. The number of amides is 1. The van der Waals surface area contributed by atoms with Crippen molar-refractivity contribution in [3.63, 3.8) is 0 Å². The number of hydrogen-bond acceptors (Lipinski definition) is 4. The van der Waals surface area contributed by atoms with Crippen LogP contribution in [0.2, 0.25) is 5.02 Å². The third kappa shape index (κ3) is 4.03. The number of hydrogen-bond donors (Lipinski definition) is 2. The van der Waals surface area contributed by atoms with E-state index in [-0.39, 0.29) is 12.5 Å². The average molecular weight is 307 g/mol. The van der Waals surface area contributed by atoms with E-state index in [0.29, 0.717) is 27.9 Å². The summed E-state index contributed by atoms with van der Waals surface area (Å²) >= 11 is 5.94. The first-order valence-electron chi connectivity index (χ1n) is 6.21. The molecule has 0 aromatic heterocycles. The Labute approximate surface area is 127 Å². The second-order valence-corrected chi connectivity index (χ2v) is 4.63. The molecule has 0 atom stereocenters. The monoisotopic (exact) mass is 306 g/mol. The van der Waals surface area contributed by atoms with Crippen molar-refractivity contribution in [3.8, 4) is 11.5 Å². The van der Waals surface area contributed by atoms with Crippen molar-refractivity contribution >= 4 is 28.9 Å². The van der Waals surface area contributed by atoms with Crippen molar-refractivity contribution in [1.82, 2.24) is 0 Å². The Morgan fingerprint density at radius 2 is 2.05 bits per heavy atom. The van der Waals surface area contributed by atoms with Crippen LogP contribution in [-0.2, 0) is 4.79 Å². The second kappa shape index (κ2) is 6.85. The van der Waals surface area contributed by atoms with Crippen LogP contribution in [-0.4, -0.2) is 19.6 Å². The summed E-state index contributed by atoms with van der Waals surface area (Å²) in [5.41, 5.74) is 6.74. The molecule has 0 fully saturated rings. The van der Waals surface area contributed by atoms with Gasteiger partial charge in [-0.3, -0.25) is 4.79 Å². The van der Waals surface area contributed by atoms with Gasteiger partial charge < -0.3 is 20.5 Å². The summed E-state index contributed by atoms with van der Waals surface area (Å²) in [4.78, 5) is 11.8. The van der Waals surface area contributed by atoms with Crippen LogP contribution in [0.15, 0.2) is 42.5 Å². The van der Waals surface area contributed by atoms with E-state index < -0.39 is 0 Å². The molecule has 0 saturated heterocycles. The molecule has 0 saturated carbocycles. The molecule has 0 aliphatic rings. The average Bonchev–Trinajstić information content (AvgIpc) is 2.48. The minimum atomic E-state index is -0.327. The predicted octanol–water partition coefficient (Wildman–Crippen LogP) is 2.95. The molecule has 0 aliphatic carbocycles. The SMILES string of the molecule is COc1ccc(NC(=O)COc2ccccc2Cl)c(N)c1. The van der Waals surface area contributed by atoms with E-state index >= 15 is 0 Å². The standard InChI is InChI=1S/C15H15ClN2O3/c1-20-10-6-7-13(12(17)8-10)18-15(19)9-21-14-5-3-2-4-11(14)16/h2-8H,9,17H2,1H3,(H,18,19). The highest BCUT2D eigenvalue weighted by Crippen LogP contribution is 2.25. The Morgan fingerprint density at radius 3 is 2.71 bits per heavy atom. The molecule has 0 radical (unpaired) electrons. The zero-order valence-electron chi connectivity index (χ0n) is 11.4. The molecule has 0 unspecified atom stereocenters. The maximum Gasteiger partial charge on any atom is 0.262 e. The minimum Gasteiger partial charge on any atom is -0.497 e. The summed E-state index contributed by atoms with van der Waals surface area (Å²) in [7, 11) is 1.55. The summed E-state index contributed by atoms with van der Waals surface area (Å²) < 4.78 is 10.4. The molecule has 6 heteroatoms. The van der Waals surface area contributed by atoms with Gasteiger partial charge in [-0.2, -0.15) is 0 Å². The molecule has 0 aliphatic heterocycles. The number of halogens is 1. The molecule has 110 valence electrons. The fraction of sp³-hybridized carbons (Fsp3) is 0.133. The van der Waals surface area contributed by atoms with Gasteiger partial charge in [0.15, 0.2) is 6.61 Å². The van der Waals surface area contributed by atoms with Gasteiger partial charge in [0.2, 0.25) is 0 Å².